The van der Waals surface area contributed by atoms with E-state index >= 15 is 0 Å². The molecule has 5 aliphatic rings. The van der Waals surface area contributed by atoms with Crippen LogP contribution in [0.25, 0.3) is 10.9 Å². The van der Waals surface area contributed by atoms with Gasteiger partial charge in [-0.15, -0.1) is 0 Å². The highest BCUT2D eigenvalue weighted by Gasteiger charge is 2.73. The molecule has 1 amide bonds. The molecule has 4 N–H and O–H groups in total. The lowest BCUT2D eigenvalue weighted by Crippen LogP contribution is -2.78. The SMILES string of the molecule is O=C(N[C@@H]1CC[C@@]2(O)[C@H]3Cc4ccc(O)c5c4[C@@]2(CCN3CC2CC2)[C@H]1O5)c1ccc2[nH]ccc2c1. The predicted octanol–water partition coefficient (Wildman–Crippen LogP) is 3.24. The number of fused-ring (bicyclic) bond motifs is 1. The molecule has 3 fully saturated rings. The van der Waals surface area contributed by atoms with Crippen LogP contribution in [0.1, 0.15) is 53.6 Å². The number of aromatic nitrogens is 1. The van der Waals surface area contributed by atoms with Crippen molar-refractivity contribution in [1.29, 1.82) is 0 Å². The lowest BCUT2D eigenvalue weighted by Gasteiger charge is -2.64. The van der Waals surface area contributed by atoms with Crippen molar-refractivity contribution in [3.8, 4) is 11.5 Å². The van der Waals surface area contributed by atoms with E-state index in [0.29, 0.717) is 24.2 Å². The van der Waals surface area contributed by atoms with E-state index in [1.54, 1.807) is 6.07 Å². The number of hydrogen-bond donors (Lipinski definition) is 4. The molecule has 7 nitrogen and oxygen atoms in total. The van der Waals surface area contributed by atoms with Gasteiger partial charge in [0.15, 0.2) is 11.5 Å². The molecule has 3 aromatic rings. The summed E-state index contributed by atoms with van der Waals surface area (Å²) in [5.41, 5.74) is 2.20. The van der Waals surface area contributed by atoms with Crippen molar-refractivity contribution in [2.45, 2.75) is 67.7 Å². The number of benzene rings is 2. The number of nitrogens with one attached hydrogen (secondary N) is 2. The summed E-state index contributed by atoms with van der Waals surface area (Å²) in [6.45, 7) is 1.96. The number of phenols is 1. The summed E-state index contributed by atoms with van der Waals surface area (Å²) in [5.74, 6) is 1.26. The van der Waals surface area contributed by atoms with Gasteiger partial charge in [-0.1, -0.05) is 6.07 Å². The van der Waals surface area contributed by atoms with E-state index in [9.17, 15) is 15.0 Å². The molecule has 2 bridgehead atoms. The number of hydrogen-bond acceptors (Lipinski definition) is 5. The van der Waals surface area contributed by atoms with E-state index < -0.39 is 17.1 Å². The highest BCUT2D eigenvalue weighted by Crippen LogP contribution is 2.65. The van der Waals surface area contributed by atoms with Gasteiger partial charge in [0.25, 0.3) is 5.91 Å². The number of rotatable bonds is 4. The van der Waals surface area contributed by atoms with Gasteiger partial charge in [0.05, 0.1) is 17.1 Å². The van der Waals surface area contributed by atoms with Gasteiger partial charge in [0.1, 0.15) is 6.10 Å². The van der Waals surface area contributed by atoms with Crippen LogP contribution >= 0.6 is 0 Å². The second kappa shape index (κ2) is 7.05. The van der Waals surface area contributed by atoms with Crippen molar-refractivity contribution in [3.63, 3.8) is 0 Å². The molecule has 1 spiro atoms. The van der Waals surface area contributed by atoms with Crippen LogP contribution in [0.2, 0.25) is 0 Å². The summed E-state index contributed by atoms with van der Waals surface area (Å²) >= 11 is 0. The maximum absolute atomic E-state index is 13.4. The molecule has 7 heteroatoms. The van der Waals surface area contributed by atoms with E-state index in [1.807, 2.05) is 36.5 Å². The molecule has 186 valence electrons. The Morgan fingerprint density at radius 1 is 1.17 bits per heavy atom. The minimum atomic E-state index is -0.942. The van der Waals surface area contributed by atoms with Gasteiger partial charge in [0.2, 0.25) is 0 Å². The fourth-order valence-corrected chi connectivity index (χ4v) is 8.08. The number of aromatic hydroxyl groups is 1. The van der Waals surface area contributed by atoms with E-state index in [2.05, 4.69) is 15.2 Å². The highest BCUT2D eigenvalue weighted by atomic mass is 16.5. The minimum absolute atomic E-state index is 0.0357. The quantitative estimate of drug-likeness (QED) is 0.455. The second-order valence-corrected chi connectivity index (χ2v) is 11.7. The van der Waals surface area contributed by atoms with Crippen LogP contribution < -0.4 is 10.1 Å². The molecule has 0 radical (unpaired) electrons. The maximum Gasteiger partial charge on any atom is 0.251 e. The Morgan fingerprint density at radius 3 is 2.92 bits per heavy atom. The third-order valence-electron chi connectivity index (χ3n) is 9.89. The number of H-pyrrole nitrogens is 1. The van der Waals surface area contributed by atoms with Crippen LogP contribution in [0.4, 0.5) is 0 Å². The average molecular weight is 486 g/mol. The average Bonchev–Trinajstić information content (AvgIpc) is 3.42. The van der Waals surface area contributed by atoms with Gasteiger partial charge in [-0.2, -0.15) is 0 Å². The van der Waals surface area contributed by atoms with E-state index in [0.717, 1.165) is 48.3 Å². The number of amides is 1. The molecule has 3 aliphatic carbocycles. The molecule has 2 aromatic carbocycles. The standard InChI is InChI=1S/C29H31N3O4/c33-22-6-4-18-14-23-29(35)9-7-21(31-27(34)19-3-5-20-17(13-19)8-11-30-20)26-28(29,24(18)25(22)36-26)10-12-32(23)15-16-1-2-16/h3-6,8,11,13,16,21,23,26,30,33,35H,1-2,7,9-10,12,14-15H2,(H,31,34)/t21-,23-,26+,28+,29-/m1/s1. The number of aliphatic hydroxyl groups is 1. The van der Waals surface area contributed by atoms with Crippen LogP contribution in [0, 0.1) is 5.92 Å². The molecule has 0 unspecified atom stereocenters. The maximum atomic E-state index is 13.4. The molecule has 5 atom stereocenters. The number of ether oxygens (including phenoxy) is 1. The summed E-state index contributed by atoms with van der Waals surface area (Å²) in [6, 6.07) is 11.2. The van der Waals surface area contributed by atoms with Crippen molar-refractivity contribution in [3.05, 3.63) is 59.3 Å². The summed E-state index contributed by atoms with van der Waals surface area (Å²) in [4.78, 5) is 19.1. The minimum Gasteiger partial charge on any atom is -0.504 e. The van der Waals surface area contributed by atoms with E-state index in [4.69, 9.17) is 4.74 Å². The zero-order valence-corrected chi connectivity index (χ0v) is 20.2. The number of carbonyl (C=O) groups excluding carboxylic acids is 1. The van der Waals surface area contributed by atoms with Gasteiger partial charge < -0.3 is 25.3 Å². The molecule has 1 saturated heterocycles. The normalized spacial score (nSPS) is 34.3. The first-order valence-electron chi connectivity index (χ1n) is 13.3. The molecule has 3 heterocycles. The van der Waals surface area contributed by atoms with Crippen LogP contribution in [0.15, 0.2) is 42.6 Å². The van der Waals surface area contributed by atoms with Crippen LogP contribution in [0.5, 0.6) is 11.5 Å². The number of aromatic amines is 1. The van der Waals surface area contributed by atoms with Gasteiger partial charge in [0, 0.05) is 40.8 Å². The zero-order chi connectivity index (χ0) is 24.2. The number of carbonyl (C=O) groups is 1. The Balaban J connectivity index is 1.18. The lowest BCUT2D eigenvalue weighted by atomic mass is 9.48. The van der Waals surface area contributed by atoms with Crippen molar-refractivity contribution in [2.24, 2.45) is 5.92 Å². The molecule has 8 rings (SSSR count). The first kappa shape index (κ1) is 21.1. The van der Waals surface area contributed by atoms with Gasteiger partial charge >= 0.3 is 0 Å². The van der Waals surface area contributed by atoms with Crippen molar-refractivity contribution < 1.29 is 19.7 Å². The molecule has 2 aliphatic heterocycles. The zero-order valence-electron chi connectivity index (χ0n) is 20.2. The number of piperidine rings is 1. The summed E-state index contributed by atoms with van der Waals surface area (Å²) in [7, 11) is 0. The van der Waals surface area contributed by atoms with Crippen LogP contribution in [-0.2, 0) is 11.8 Å². The largest absolute Gasteiger partial charge is 0.504 e. The first-order valence-corrected chi connectivity index (χ1v) is 13.3. The van der Waals surface area contributed by atoms with E-state index in [1.165, 1.54) is 18.4 Å². The molecule has 1 aromatic heterocycles. The Bertz CT molecular complexity index is 1410. The number of phenolic OH excluding ortho intramolecular Hbond substituents is 1. The Morgan fingerprint density at radius 2 is 2.06 bits per heavy atom. The smallest absolute Gasteiger partial charge is 0.251 e. The summed E-state index contributed by atoms with van der Waals surface area (Å²) < 4.78 is 6.56. The van der Waals surface area contributed by atoms with Gasteiger partial charge in [-0.3, -0.25) is 9.69 Å². The monoisotopic (exact) mass is 485 g/mol. The number of nitrogens with zero attached hydrogens (tertiary/aromatic N) is 1. The van der Waals surface area contributed by atoms with Crippen molar-refractivity contribution >= 4 is 16.8 Å². The first-order chi connectivity index (χ1) is 17.5. The summed E-state index contributed by atoms with van der Waals surface area (Å²) in [5, 5.41) is 27.6. The topological polar surface area (TPSA) is 97.8 Å². The molecule has 2 saturated carbocycles. The fraction of sp³-hybridized carbons (Fsp3) is 0.483. The molecule has 36 heavy (non-hydrogen) atoms. The Hall–Kier alpha value is -3.03. The van der Waals surface area contributed by atoms with Crippen molar-refractivity contribution in [1.82, 2.24) is 15.2 Å². The van der Waals surface area contributed by atoms with Crippen LogP contribution in [0.3, 0.4) is 0 Å². The van der Waals surface area contributed by atoms with Crippen molar-refractivity contribution in [2.75, 3.05) is 13.1 Å². The fourth-order valence-electron chi connectivity index (χ4n) is 8.08. The van der Waals surface area contributed by atoms with Gasteiger partial charge in [-0.05, 0) is 86.9 Å². The van der Waals surface area contributed by atoms with E-state index in [-0.39, 0.29) is 23.7 Å². The Kier molecular flexibility index (Phi) is 4.13. The van der Waals surface area contributed by atoms with Gasteiger partial charge in [-0.25, -0.2) is 0 Å². The Labute approximate surface area is 209 Å². The molecular weight excluding hydrogens is 454 g/mol. The third kappa shape index (κ3) is 2.62. The molecular formula is C29H31N3O4. The lowest BCUT2D eigenvalue weighted by molar-refractivity contribution is -0.191. The highest BCUT2D eigenvalue weighted by molar-refractivity contribution is 5.98. The van der Waals surface area contributed by atoms with Crippen LogP contribution in [-0.4, -0.2) is 62.9 Å². The second-order valence-electron chi connectivity index (χ2n) is 11.7. The third-order valence-corrected chi connectivity index (χ3v) is 9.89. The summed E-state index contributed by atoms with van der Waals surface area (Å²) in [6.07, 6.45) is 6.82. The number of likely N-dealkylation sites (tertiary alicyclic amines) is 1. The predicted molar refractivity (Wildman–Crippen MR) is 134 cm³/mol.